The number of anilines is 1. The highest BCUT2D eigenvalue weighted by Gasteiger charge is 2.33. The number of hydrogen-bond donors (Lipinski definition) is 3. The lowest BCUT2D eigenvalue weighted by atomic mass is 9.86. The molecule has 0 heterocycles. The number of hydrogen-bond acceptors (Lipinski definition) is 4. The van der Waals surface area contributed by atoms with Gasteiger partial charge in [0.05, 0.1) is 10.5 Å². The highest BCUT2D eigenvalue weighted by atomic mass is 32.1. The van der Waals surface area contributed by atoms with Crippen molar-refractivity contribution < 1.29 is 18.1 Å². The van der Waals surface area contributed by atoms with Crippen LogP contribution in [0.2, 0.25) is 0 Å². The number of nitrogens with zero attached hydrogens (tertiary/aromatic N) is 1. The first-order chi connectivity index (χ1) is 11.7. The zero-order valence-electron chi connectivity index (χ0n) is 13.5. The second kappa shape index (κ2) is 7.85. The maximum absolute atomic E-state index is 12.7. The average molecular weight is 376 g/mol. The minimum absolute atomic E-state index is 0.0983. The molecular formula is C15H19F3N4O2S. The van der Waals surface area contributed by atoms with Crippen LogP contribution in [0, 0.1) is 16.0 Å². The monoisotopic (exact) mass is 376 g/mol. The third-order valence-electron chi connectivity index (χ3n) is 4.26. The zero-order valence-corrected chi connectivity index (χ0v) is 14.3. The van der Waals surface area contributed by atoms with Gasteiger partial charge in [-0.3, -0.25) is 21.0 Å². The highest BCUT2D eigenvalue weighted by molar-refractivity contribution is 7.80. The number of nitro groups is 1. The summed E-state index contributed by atoms with van der Waals surface area (Å²) in [5.74, 6) is 0.453. The maximum Gasteiger partial charge on any atom is 0.416 e. The highest BCUT2D eigenvalue weighted by Crippen LogP contribution is 2.34. The van der Waals surface area contributed by atoms with Gasteiger partial charge >= 0.3 is 6.18 Å². The molecule has 0 saturated heterocycles. The molecule has 0 unspecified atom stereocenters. The second-order valence-corrected chi connectivity index (χ2v) is 6.49. The molecule has 0 amide bonds. The van der Waals surface area contributed by atoms with Gasteiger partial charge in [-0.05, 0) is 43.1 Å². The van der Waals surface area contributed by atoms with Crippen molar-refractivity contribution in [2.45, 2.75) is 44.8 Å². The predicted octanol–water partition coefficient (Wildman–Crippen LogP) is 3.98. The molecule has 0 bridgehead atoms. The summed E-state index contributed by atoms with van der Waals surface area (Å²) in [6, 6.07) is 2.47. The van der Waals surface area contributed by atoms with Crippen molar-refractivity contribution in [3.05, 3.63) is 33.9 Å². The van der Waals surface area contributed by atoms with E-state index < -0.39 is 22.4 Å². The van der Waals surface area contributed by atoms with Crippen LogP contribution in [-0.2, 0) is 6.18 Å². The minimum Gasteiger partial charge on any atom is -0.358 e. The summed E-state index contributed by atoms with van der Waals surface area (Å²) in [6.45, 7) is 2.12. The fourth-order valence-corrected chi connectivity index (χ4v) is 3.03. The fraction of sp³-hybridized carbons (Fsp3) is 0.533. The average Bonchev–Trinajstić information content (AvgIpc) is 2.54. The summed E-state index contributed by atoms with van der Waals surface area (Å²) in [4.78, 5) is 10.2. The Bertz CT molecular complexity index is 654. The lowest BCUT2D eigenvalue weighted by Crippen LogP contribution is -2.47. The molecule has 2 atom stereocenters. The Morgan fingerprint density at radius 2 is 2.00 bits per heavy atom. The number of rotatable bonds is 4. The SMILES string of the molecule is C[C@@H]1CCCC[C@@H]1NC(=S)NNc1ccc(C(F)(F)F)cc1[N+](=O)[O-]. The third-order valence-corrected chi connectivity index (χ3v) is 4.48. The fourth-order valence-electron chi connectivity index (χ4n) is 2.82. The van der Waals surface area contributed by atoms with Gasteiger partial charge in [-0.15, -0.1) is 0 Å². The molecule has 1 fully saturated rings. The molecule has 0 spiro atoms. The minimum atomic E-state index is -4.65. The lowest BCUT2D eigenvalue weighted by Gasteiger charge is -2.30. The summed E-state index contributed by atoms with van der Waals surface area (Å²) >= 11 is 5.15. The smallest absolute Gasteiger partial charge is 0.358 e. The van der Waals surface area contributed by atoms with Crippen LogP contribution in [0.25, 0.3) is 0 Å². The van der Waals surface area contributed by atoms with Crippen molar-refractivity contribution in [3.8, 4) is 0 Å². The van der Waals surface area contributed by atoms with Crippen molar-refractivity contribution in [1.82, 2.24) is 10.7 Å². The molecule has 25 heavy (non-hydrogen) atoms. The zero-order chi connectivity index (χ0) is 18.6. The van der Waals surface area contributed by atoms with Gasteiger partial charge in [-0.2, -0.15) is 13.2 Å². The van der Waals surface area contributed by atoms with Crippen LogP contribution in [0.1, 0.15) is 38.2 Å². The van der Waals surface area contributed by atoms with Gasteiger partial charge in [0, 0.05) is 12.1 Å². The largest absolute Gasteiger partial charge is 0.416 e. The van der Waals surface area contributed by atoms with Gasteiger partial charge in [-0.25, -0.2) is 0 Å². The molecule has 2 rings (SSSR count). The summed E-state index contributed by atoms with van der Waals surface area (Å²) in [6.07, 6.45) is -0.301. The van der Waals surface area contributed by atoms with E-state index in [0.717, 1.165) is 31.4 Å². The Labute approximate surface area is 148 Å². The number of halogens is 3. The van der Waals surface area contributed by atoms with Gasteiger partial charge < -0.3 is 5.32 Å². The number of nitrogens with one attached hydrogen (secondary N) is 3. The van der Waals surface area contributed by atoms with E-state index in [1.807, 2.05) is 0 Å². The van der Waals surface area contributed by atoms with Crippen LogP contribution in [0.3, 0.4) is 0 Å². The summed E-state index contributed by atoms with van der Waals surface area (Å²) in [5, 5.41) is 14.4. The van der Waals surface area contributed by atoms with Crippen LogP contribution in [-0.4, -0.2) is 16.1 Å². The van der Waals surface area contributed by atoms with Crippen molar-refractivity contribution in [2.75, 3.05) is 5.43 Å². The van der Waals surface area contributed by atoms with E-state index in [4.69, 9.17) is 12.2 Å². The van der Waals surface area contributed by atoms with Crippen LogP contribution in [0.15, 0.2) is 18.2 Å². The molecule has 10 heteroatoms. The van der Waals surface area contributed by atoms with Crippen molar-refractivity contribution in [1.29, 1.82) is 0 Å². The molecule has 3 N–H and O–H groups in total. The molecular weight excluding hydrogens is 357 g/mol. The molecule has 138 valence electrons. The molecule has 0 aromatic heterocycles. The van der Waals surface area contributed by atoms with E-state index in [9.17, 15) is 23.3 Å². The van der Waals surface area contributed by atoms with Crippen molar-refractivity contribution in [3.63, 3.8) is 0 Å². The first-order valence-corrected chi connectivity index (χ1v) is 8.27. The number of thiocarbonyl (C=S) groups is 1. The Kier molecular flexibility index (Phi) is 6.04. The second-order valence-electron chi connectivity index (χ2n) is 6.08. The molecule has 1 aliphatic carbocycles. The first-order valence-electron chi connectivity index (χ1n) is 7.86. The first kappa shape index (κ1) is 19.2. The van der Waals surface area contributed by atoms with Gasteiger partial charge in [0.25, 0.3) is 5.69 Å². The Morgan fingerprint density at radius 3 is 2.60 bits per heavy atom. The standard InChI is InChI=1S/C15H19F3N4O2S/c1-9-4-2-3-5-11(9)19-14(25)21-20-12-7-6-10(15(16,17)18)8-13(12)22(23)24/h6-9,11,20H,2-5H2,1H3,(H2,19,21,25)/t9-,11+/m1/s1. The molecule has 1 aliphatic rings. The number of benzene rings is 1. The van der Waals surface area contributed by atoms with E-state index in [-0.39, 0.29) is 16.8 Å². The van der Waals surface area contributed by atoms with Gasteiger partial charge in [0.1, 0.15) is 5.69 Å². The predicted molar refractivity (Wildman–Crippen MR) is 92.0 cm³/mol. The van der Waals surface area contributed by atoms with Crippen LogP contribution in [0.5, 0.6) is 0 Å². The van der Waals surface area contributed by atoms with Crippen molar-refractivity contribution >= 4 is 28.7 Å². The number of hydrazine groups is 1. The van der Waals surface area contributed by atoms with Gasteiger partial charge in [0.2, 0.25) is 0 Å². The Hall–Kier alpha value is -2.10. The molecule has 1 saturated carbocycles. The van der Waals surface area contributed by atoms with E-state index in [2.05, 4.69) is 23.1 Å². The number of alkyl halides is 3. The van der Waals surface area contributed by atoms with E-state index in [0.29, 0.717) is 12.0 Å². The quantitative estimate of drug-likeness (QED) is 0.419. The topological polar surface area (TPSA) is 79.2 Å². The normalized spacial score (nSPS) is 20.6. The van der Waals surface area contributed by atoms with E-state index in [1.54, 1.807) is 0 Å². The van der Waals surface area contributed by atoms with Gasteiger partial charge in [0.15, 0.2) is 5.11 Å². The van der Waals surface area contributed by atoms with Crippen molar-refractivity contribution in [2.24, 2.45) is 5.92 Å². The van der Waals surface area contributed by atoms with Crippen LogP contribution in [0.4, 0.5) is 24.5 Å². The molecule has 1 aromatic carbocycles. The number of nitro benzene ring substituents is 1. The molecule has 6 nitrogen and oxygen atoms in total. The lowest BCUT2D eigenvalue weighted by molar-refractivity contribution is -0.384. The summed E-state index contributed by atoms with van der Waals surface area (Å²) in [5.41, 5.74) is 3.26. The molecule has 0 radical (unpaired) electrons. The van der Waals surface area contributed by atoms with Gasteiger partial charge in [-0.1, -0.05) is 19.8 Å². The van der Waals surface area contributed by atoms with E-state index >= 15 is 0 Å². The summed E-state index contributed by atoms with van der Waals surface area (Å²) in [7, 11) is 0. The maximum atomic E-state index is 12.7. The van der Waals surface area contributed by atoms with Crippen LogP contribution >= 0.6 is 12.2 Å². The molecule has 1 aromatic rings. The van der Waals surface area contributed by atoms with Crippen LogP contribution < -0.4 is 16.2 Å². The molecule has 0 aliphatic heterocycles. The third kappa shape index (κ3) is 5.18. The Morgan fingerprint density at radius 1 is 1.32 bits per heavy atom. The Balaban J connectivity index is 2.02. The summed E-state index contributed by atoms with van der Waals surface area (Å²) < 4.78 is 38.1. The van der Waals surface area contributed by atoms with E-state index in [1.165, 1.54) is 6.42 Å².